The monoisotopic (exact) mass is 243 g/mol. The Labute approximate surface area is 104 Å². The molecule has 2 aromatic rings. The predicted octanol–water partition coefficient (Wildman–Crippen LogP) is 0.759. The summed E-state index contributed by atoms with van der Waals surface area (Å²) in [5, 5.41) is 19.7. The molecule has 0 saturated carbocycles. The molecule has 0 aromatic carbocycles. The lowest BCUT2D eigenvalue weighted by Crippen LogP contribution is -2.10. The Morgan fingerprint density at radius 3 is 3.11 bits per heavy atom. The number of nitrogens with zero attached hydrogens (tertiary/aromatic N) is 5. The summed E-state index contributed by atoms with van der Waals surface area (Å²) in [4.78, 5) is 4.10. The molecule has 0 aliphatic carbocycles. The third kappa shape index (κ3) is 2.22. The van der Waals surface area contributed by atoms with Gasteiger partial charge in [-0.05, 0) is 13.0 Å². The normalized spacial score (nSPS) is 10.0. The Bertz CT molecular complexity index is 581. The summed E-state index contributed by atoms with van der Waals surface area (Å²) in [6.45, 7) is 3.26. The lowest BCUT2D eigenvalue weighted by molar-refractivity contribution is 0.707. The average Bonchev–Trinajstić information content (AvgIpc) is 2.85. The van der Waals surface area contributed by atoms with Gasteiger partial charge in [-0.15, -0.1) is 10.2 Å². The van der Waals surface area contributed by atoms with Gasteiger partial charge in [0.05, 0.1) is 17.8 Å². The molecule has 0 aliphatic heterocycles. The summed E-state index contributed by atoms with van der Waals surface area (Å²) in [6.07, 6.45) is 3.21. The predicted molar refractivity (Wildman–Crippen MR) is 66.4 cm³/mol. The minimum absolute atomic E-state index is 0.350. The highest BCUT2D eigenvalue weighted by molar-refractivity contribution is 5.68. The van der Waals surface area contributed by atoms with E-state index in [-0.39, 0.29) is 0 Å². The van der Waals surface area contributed by atoms with E-state index < -0.39 is 0 Å². The zero-order valence-corrected chi connectivity index (χ0v) is 9.96. The molecule has 0 spiro atoms. The number of nitrogen functional groups attached to an aromatic ring is 1. The fourth-order valence-corrected chi connectivity index (χ4v) is 1.55. The van der Waals surface area contributed by atoms with E-state index >= 15 is 0 Å². The molecule has 92 valence electrons. The fraction of sp³-hybridized carbons (Fsp3) is 0.273. The van der Waals surface area contributed by atoms with Crippen LogP contribution in [-0.2, 0) is 13.1 Å². The smallest absolute Gasteiger partial charge is 0.152 e. The van der Waals surface area contributed by atoms with Crippen LogP contribution in [0.3, 0.4) is 0 Å². The van der Waals surface area contributed by atoms with Gasteiger partial charge in [-0.25, -0.2) is 4.98 Å². The molecule has 0 amide bonds. The molecule has 0 aliphatic rings. The quantitative estimate of drug-likeness (QED) is 0.821. The lowest BCUT2D eigenvalue weighted by Gasteiger charge is -2.09. The first-order valence-corrected chi connectivity index (χ1v) is 5.51. The third-order valence-electron chi connectivity index (χ3n) is 2.56. The minimum Gasteiger partial charge on any atom is -0.395 e. The van der Waals surface area contributed by atoms with Crippen molar-refractivity contribution in [3.63, 3.8) is 0 Å². The second kappa shape index (κ2) is 5.14. The van der Waals surface area contributed by atoms with Gasteiger partial charge >= 0.3 is 0 Å². The third-order valence-corrected chi connectivity index (χ3v) is 2.56. The van der Waals surface area contributed by atoms with Gasteiger partial charge in [-0.1, -0.05) is 0 Å². The molecule has 7 heteroatoms. The molecule has 2 rings (SSSR count). The molecule has 7 nitrogen and oxygen atoms in total. The Balaban J connectivity index is 2.14. The van der Waals surface area contributed by atoms with Crippen LogP contribution in [0, 0.1) is 11.3 Å². The summed E-state index contributed by atoms with van der Waals surface area (Å²) in [6, 6.07) is 3.59. The van der Waals surface area contributed by atoms with Gasteiger partial charge in [0.2, 0.25) is 0 Å². The average molecular weight is 243 g/mol. The topological polar surface area (TPSA) is 105 Å². The Hall–Kier alpha value is -2.62. The van der Waals surface area contributed by atoms with Crippen molar-refractivity contribution in [2.24, 2.45) is 0 Å². The number of hydrogen-bond acceptors (Lipinski definition) is 6. The number of hydrogen-bond donors (Lipinski definition) is 2. The summed E-state index contributed by atoms with van der Waals surface area (Å²) in [5.74, 6) is 1.28. The van der Waals surface area contributed by atoms with E-state index in [4.69, 9.17) is 11.0 Å². The van der Waals surface area contributed by atoms with E-state index in [1.54, 1.807) is 18.6 Å². The van der Waals surface area contributed by atoms with Crippen LogP contribution in [0.1, 0.15) is 18.3 Å². The zero-order chi connectivity index (χ0) is 13.0. The second-order valence-electron chi connectivity index (χ2n) is 3.62. The van der Waals surface area contributed by atoms with E-state index in [1.807, 2.05) is 17.6 Å². The highest BCUT2D eigenvalue weighted by atomic mass is 15.3. The number of nitrogens with two attached hydrogens (primary N) is 1. The number of nitrogens with one attached hydrogen (secondary N) is 1. The molecule has 0 saturated heterocycles. The standard InChI is InChI=1S/C11H13N7/c1-2-18-7-16-17-9(18)6-15-11-10(13)8(5-12)3-4-14-11/h3-4,7H,2,6,13H2,1H3,(H,14,15). The number of aryl methyl sites for hydroxylation is 1. The number of nitriles is 1. The van der Waals surface area contributed by atoms with Crippen LogP contribution in [0.2, 0.25) is 0 Å². The van der Waals surface area contributed by atoms with E-state index in [1.165, 1.54) is 0 Å². The van der Waals surface area contributed by atoms with Crippen molar-refractivity contribution in [1.82, 2.24) is 19.7 Å². The van der Waals surface area contributed by atoms with Gasteiger partial charge in [0, 0.05) is 12.7 Å². The molecule has 0 unspecified atom stereocenters. The number of pyridine rings is 1. The highest BCUT2D eigenvalue weighted by Gasteiger charge is 2.07. The van der Waals surface area contributed by atoms with Crippen LogP contribution in [-0.4, -0.2) is 19.7 Å². The summed E-state index contributed by atoms with van der Waals surface area (Å²) < 4.78 is 1.91. The van der Waals surface area contributed by atoms with Crippen LogP contribution in [0.25, 0.3) is 0 Å². The van der Waals surface area contributed by atoms with Crippen LogP contribution in [0.15, 0.2) is 18.6 Å². The van der Waals surface area contributed by atoms with Crippen LogP contribution in [0.5, 0.6) is 0 Å². The van der Waals surface area contributed by atoms with Crippen molar-refractivity contribution in [2.45, 2.75) is 20.0 Å². The first-order valence-electron chi connectivity index (χ1n) is 5.51. The van der Waals surface area contributed by atoms with E-state index in [0.29, 0.717) is 23.6 Å². The summed E-state index contributed by atoms with van der Waals surface area (Å²) in [7, 11) is 0. The van der Waals surface area contributed by atoms with Gasteiger partial charge in [-0.3, -0.25) is 0 Å². The van der Waals surface area contributed by atoms with Gasteiger partial charge in [-0.2, -0.15) is 5.26 Å². The Morgan fingerprint density at radius 1 is 1.56 bits per heavy atom. The molecular weight excluding hydrogens is 230 g/mol. The maximum atomic E-state index is 8.87. The Morgan fingerprint density at radius 2 is 2.39 bits per heavy atom. The van der Waals surface area contributed by atoms with Gasteiger partial charge in [0.25, 0.3) is 0 Å². The first-order chi connectivity index (χ1) is 8.76. The first kappa shape index (κ1) is 11.9. The molecular formula is C11H13N7. The van der Waals surface area contributed by atoms with Crippen molar-refractivity contribution >= 4 is 11.5 Å². The number of rotatable bonds is 4. The van der Waals surface area contributed by atoms with E-state index in [2.05, 4.69) is 20.5 Å². The minimum atomic E-state index is 0.350. The SMILES string of the molecule is CCn1cnnc1CNc1nccc(C#N)c1N. The largest absolute Gasteiger partial charge is 0.395 e. The fourth-order valence-electron chi connectivity index (χ4n) is 1.55. The number of aromatic nitrogens is 4. The van der Waals surface area contributed by atoms with Crippen molar-refractivity contribution in [2.75, 3.05) is 11.1 Å². The van der Waals surface area contributed by atoms with E-state index in [0.717, 1.165) is 12.4 Å². The highest BCUT2D eigenvalue weighted by Crippen LogP contribution is 2.19. The summed E-state index contributed by atoms with van der Waals surface area (Å²) >= 11 is 0. The molecule has 3 N–H and O–H groups in total. The lowest BCUT2D eigenvalue weighted by atomic mass is 10.2. The van der Waals surface area contributed by atoms with Crippen molar-refractivity contribution in [1.29, 1.82) is 5.26 Å². The molecule has 18 heavy (non-hydrogen) atoms. The van der Waals surface area contributed by atoms with Gasteiger partial charge in [0.15, 0.2) is 11.6 Å². The Kier molecular flexibility index (Phi) is 3.38. The molecule has 0 atom stereocenters. The number of anilines is 2. The van der Waals surface area contributed by atoms with E-state index in [9.17, 15) is 0 Å². The summed E-state index contributed by atoms with van der Waals surface area (Å²) in [5.41, 5.74) is 6.57. The molecule has 0 bridgehead atoms. The van der Waals surface area contributed by atoms with Crippen molar-refractivity contribution < 1.29 is 0 Å². The molecule has 0 radical (unpaired) electrons. The van der Waals surface area contributed by atoms with Crippen molar-refractivity contribution in [3.8, 4) is 6.07 Å². The van der Waals surface area contributed by atoms with Crippen LogP contribution < -0.4 is 11.1 Å². The van der Waals surface area contributed by atoms with Crippen LogP contribution >= 0.6 is 0 Å². The maximum absolute atomic E-state index is 8.87. The molecule has 0 fully saturated rings. The van der Waals surface area contributed by atoms with Gasteiger partial charge in [0.1, 0.15) is 12.4 Å². The molecule has 2 aromatic heterocycles. The van der Waals surface area contributed by atoms with Crippen LogP contribution in [0.4, 0.5) is 11.5 Å². The van der Waals surface area contributed by atoms with Gasteiger partial charge < -0.3 is 15.6 Å². The zero-order valence-electron chi connectivity index (χ0n) is 9.96. The second-order valence-corrected chi connectivity index (χ2v) is 3.62. The molecule has 2 heterocycles. The van der Waals surface area contributed by atoms with Crippen molar-refractivity contribution in [3.05, 3.63) is 30.0 Å². The maximum Gasteiger partial charge on any atom is 0.152 e.